The van der Waals surface area contributed by atoms with Crippen LogP contribution in [0.5, 0.6) is 0 Å². The summed E-state index contributed by atoms with van der Waals surface area (Å²) in [6.07, 6.45) is 7.46. The first-order chi connectivity index (χ1) is 8.18. The number of fused-ring (bicyclic) bond motifs is 1. The molecule has 100 valence electrons. The van der Waals surface area contributed by atoms with E-state index in [1.807, 2.05) is 0 Å². The molecule has 17 heavy (non-hydrogen) atoms. The number of piperidine rings is 1. The SMILES string of the molecule is CN(C)CCCN1CC[C@@H](O)[C@@H]2CCCC[C@@H]21. The Kier molecular flexibility index (Phi) is 4.83. The van der Waals surface area contributed by atoms with Gasteiger partial charge in [-0.15, -0.1) is 0 Å². The maximum Gasteiger partial charge on any atom is 0.0595 e. The Labute approximate surface area is 106 Å². The third-order valence-electron chi connectivity index (χ3n) is 4.51. The highest BCUT2D eigenvalue weighted by molar-refractivity contribution is 4.91. The summed E-state index contributed by atoms with van der Waals surface area (Å²) in [7, 11) is 4.28. The average Bonchev–Trinajstić information content (AvgIpc) is 2.32. The van der Waals surface area contributed by atoms with Crippen molar-refractivity contribution in [1.82, 2.24) is 9.80 Å². The quantitative estimate of drug-likeness (QED) is 0.808. The summed E-state index contributed by atoms with van der Waals surface area (Å²) in [4.78, 5) is 4.91. The molecule has 0 amide bonds. The smallest absolute Gasteiger partial charge is 0.0595 e. The molecule has 0 unspecified atom stereocenters. The van der Waals surface area contributed by atoms with E-state index in [9.17, 15) is 5.11 Å². The summed E-state index contributed by atoms with van der Waals surface area (Å²) in [6.45, 7) is 3.50. The third-order valence-corrected chi connectivity index (χ3v) is 4.51. The zero-order chi connectivity index (χ0) is 12.3. The van der Waals surface area contributed by atoms with E-state index < -0.39 is 0 Å². The van der Waals surface area contributed by atoms with Gasteiger partial charge in [0.15, 0.2) is 0 Å². The number of aliphatic hydroxyl groups is 1. The third kappa shape index (κ3) is 3.43. The summed E-state index contributed by atoms with van der Waals surface area (Å²) in [5.74, 6) is 0.567. The lowest BCUT2D eigenvalue weighted by molar-refractivity contribution is -0.0364. The predicted octanol–water partition coefficient (Wildman–Crippen LogP) is 1.56. The summed E-state index contributed by atoms with van der Waals surface area (Å²) >= 11 is 0. The number of likely N-dealkylation sites (tertiary alicyclic amines) is 1. The lowest BCUT2D eigenvalue weighted by Gasteiger charge is -2.46. The minimum absolute atomic E-state index is 0.0228. The molecule has 1 N–H and O–H groups in total. The van der Waals surface area contributed by atoms with Crippen LogP contribution in [-0.2, 0) is 0 Å². The molecular weight excluding hydrogens is 212 g/mol. The van der Waals surface area contributed by atoms with E-state index in [-0.39, 0.29) is 6.10 Å². The fraction of sp³-hybridized carbons (Fsp3) is 1.00. The van der Waals surface area contributed by atoms with E-state index in [1.54, 1.807) is 0 Å². The normalized spacial score (nSPS) is 34.9. The Hall–Kier alpha value is -0.120. The first kappa shape index (κ1) is 13.3. The second-order valence-electron chi connectivity index (χ2n) is 6.06. The van der Waals surface area contributed by atoms with Crippen molar-refractivity contribution >= 4 is 0 Å². The van der Waals surface area contributed by atoms with Crippen LogP contribution in [0.1, 0.15) is 38.5 Å². The average molecular weight is 240 g/mol. The molecule has 2 rings (SSSR count). The second-order valence-corrected chi connectivity index (χ2v) is 6.06. The fourth-order valence-electron chi connectivity index (χ4n) is 3.59. The van der Waals surface area contributed by atoms with Gasteiger partial charge in [-0.2, -0.15) is 0 Å². The molecule has 2 fully saturated rings. The van der Waals surface area contributed by atoms with Crippen LogP contribution in [0.2, 0.25) is 0 Å². The Morgan fingerprint density at radius 2 is 1.94 bits per heavy atom. The van der Waals surface area contributed by atoms with E-state index in [0.29, 0.717) is 12.0 Å². The Morgan fingerprint density at radius 1 is 1.18 bits per heavy atom. The van der Waals surface area contributed by atoms with Crippen molar-refractivity contribution in [1.29, 1.82) is 0 Å². The van der Waals surface area contributed by atoms with E-state index in [4.69, 9.17) is 0 Å². The number of hydrogen-bond acceptors (Lipinski definition) is 3. The molecule has 0 aromatic rings. The van der Waals surface area contributed by atoms with Crippen LogP contribution in [0.4, 0.5) is 0 Å². The fourth-order valence-corrected chi connectivity index (χ4v) is 3.59. The summed E-state index contributed by atoms with van der Waals surface area (Å²) in [5, 5.41) is 10.1. The molecular formula is C14H28N2O. The van der Waals surface area contributed by atoms with Gasteiger partial charge in [0.25, 0.3) is 0 Å². The summed E-state index contributed by atoms with van der Waals surface area (Å²) in [5.41, 5.74) is 0. The molecule has 0 spiro atoms. The van der Waals surface area contributed by atoms with Gasteiger partial charge in [0, 0.05) is 18.5 Å². The standard InChI is InChI=1S/C14H28N2O/c1-15(2)9-5-10-16-11-8-14(17)12-6-3-4-7-13(12)16/h12-14,17H,3-11H2,1-2H3/t12-,13+,14-/m1/s1. The monoisotopic (exact) mass is 240 g/mol. The number of rotatable bonds is 4. The van der Waals surface area contributed by atoms with Crippen LogP contribution in [0.25, 0.3) is 0 Å². The topological polar surface area (TPSA) is 26.7 Å². The van der Waals surface area contributed by atoms with Crippen molar-refractivity contribution < 1.29 is 5.11 Å². The maximum absolute atomic E-state index is 10.1. The predicted molar refractivity (Wildman–Crippen MR) is 71.1 cm³/mol. The van der Waals surface area contributed by atoms with Gasteiger partial charge < -0.3 is 10.0 Å². The Morgan fingerprint density at radius 3 is 2.71 bits per heavy atom. The van der Waals surface area contributed by atoms with Gasteiger partial charge in [0.2, 0.25) is 0 Å². The summed E-state index contributed by atoms with van der Waals surface area (Å²) in [6, 6.07) is 0.676. The highest BCUT2D eigenvalue weighted by Gasteiger charge is 2.37. The van der Waals surface area contributed by atoms with Gasteiger partial charge in [-0.05, 0) is 52.9 Å². The maximum atomic E-state index is 10.1. The molecule has 3 nitrogen and oxygen atoms in total. The lowest BCUT2D eigenvalue weighted by atomic mass is 9.76. The van der Waals surface area contributed by atoms with Crippen LogP contribution >= 0.6 is 0 Å². The van der Waals surface area contributed by atoms with Crippen LogP contribution in [0, 0.1) is 5.92 Å². The number of aliphatic hydroxyl groups excluding tert-OH is 1. The molecule has 3 heteroatoms. The zero-order valence-corrected chi connectivity index (χ0v) is 11.4. The molecule has 0 radical (unpaired) electrons. The van der Waals surface area contributed by atoms with Crippen molar-refractivity contribution in [2.75, 3.05) is 33.7 Å². The van der Waals surface area contributed by atoms with Crippen LogP contribution in [-0.4, -0.2) is 60.8 Å². The van der Waals surface area contributed by atoms with Crippen molar-refractivity contribution in [2.24, 2.45) is 5.92 Å². The highest BCUT2D eigenvalue weighted by atomic mass is 16.3. The highest BCUT2D eigenvalue weighted by Crippen LogP contribution is 2.35. The van der Waals surface area contributed by atoms with E-state index in [1.165, 1.54) is 45.2 Å². The van der Waals surface area contributed by atoms with Crippen LogP contribution < -0.4 is 0 Å². The minimum atomic E-state index is -0.0228. The molecule has 0 bridgehead atoms. The van der Waals surface area contributed by atoms with E-state index in [0.717, 1.165) is 13.0 Å². The molecule has 1 aliphatic heterocycles. The molecule has 1 saturated carbocycles. The number of nitrogens with zero attached hydrogens (tertiary/aromatic N) is 2. The minimum Gasteiger partial charge on any atom is -0.393 e. The zero-order valence-electron chi connectivity index (χ0n) is 11.4. The van der Waals surface area contributed by atoms with E-state index in [2.05, 4.69) is 23.9 Å². The van der Waals surface area contributed by atoms with Crippen LogP contribution in [0.15, 0.2) is 0 Å². The molecule has 1 heterocycles. The van der Waals surface area contributed by atoms with Crippen LogP contribution in [0.3, 0.4) is 0 Å². The molecule has 3 atom stereocenters. The second kappa shape index (κ2) is 6.17. The largest absolute Gasteiger partial charge is 0.393 e. The first-order valence-electron chi connectivity index (χ1n) is 7.25. The van der Waals surface area contributed by atoms with Gasteiger partial charge in [-0.3, -0.25) is 4.90 Å². The Balaban J connectivity index is 1.84. The van der Waals surface area contributed by atoms with Gasteiger partial charge in [0.1, 0.15) is 0 Å². The van der Waals surface area contributed by atoms with Crippen molar-refractivity contribution in [3.05, 3.63) is 0 Å². The van der Waals surface area contributed by atoms with Gasteiger partial charge >= 0.3 is 0 Å². The molecule has 1 saturated heterocycles. The van der Waals surface area contributed by atoms with E-state index >= 15 is 0 Å². The molecule has 1 aliphatic carbocycles. The van der Waals surface area contributed by atoms with Crippen molar-refractivity contribution in [3.8, 4) is 0 Å². The molecule has 0 aromatic heterocycles. The number of hydrogen-bond donors (Lipinski definition) is 1. The van der Waals surface area contributed by atoms with Gasteiger partial charge in [-0.1, -0.05) is 12.8 Å². The lowest BCUT2D eigenvalue weighted by Crippen LogP contribution is -2.52. The molecule has 0 aromatic carbocycles. The van der Waals surface area contributed by atoms with Crippen molar-refractivity contribution in [3.63, 3.8) is 0 Å². The van der Waals surface area contributed by atoms with Gasteiger partial charge in [0.05, 0.1) is 6.10 Å². The Bertz CT molecular complexity index is 232. The first-order valence-corrected chi connectivity index (χ1v) is 7.25. The van der Waals surface area contributed by atoms with Gasteiger partial charge in [-0.25, -0.2) is 0 Å². The molecule has 2 aliphatic rings. The van der Waals surface area contributed by atoms with Crippen molar-refractivity contribution in [2.45, 2.75) is 50.7 Å². The summed E-state index contributed by atoms with van der Waals surface area (Å²) < 4.78 is 0.